The lowest BCUT2D eigenvalue weighted by Crippen LogP contribution is -1.99. The first kappa shape index (κ1) is 7.39. The molecule has 0 amide bonds. The fourth-order valence-corrected chi connectivity index (χ4v) is 0.453. The Morgan fingerprint density at radius 3 is 2.45 bits per heavy atom. The predicted molar refractivity (Wildman–Crippen MR) is 31.3 cm³/mol. The van der Waals surface area contributed by atoms with Crippen LogP contribution in [0.25, 0.3) is 0 Å². The summed E-state index contributed by atoms with van der Waals surface area (Å²) in [6.07, 6.45) is 0. The van der Waals surface area contributed by atoms with Crippen LogP contribution in [0.4, 0.5) is 0 Å². The van der Waals surface area contributed by atoms with Crippen molar-refractivity contribution in [1.29, 1.82) is 0 Å². The second kappa shape index (κ2) is 2.49. The number of hydrogen-bond donors (Lipinski definition) is 1. The van der Waals surface area contributed by atoms with Gasteiger partial charge in [-0.05, 0) is 5.16 Å². The molecule has 1 heterocycles. The molecule has 6 nitrogen and oxygen atoms in total. The number of carboxylic acids is 1. The molecule has 1 N–H and O–H groups in total. The SMILES string of the molecule is CC(=O)c1nc(C(=O)O)no1. The van der Waals surface area contributed by atoms with E-state index in [0.717, 1.165) is 0 Å². The van der Waals surface area contributed by atoms with Gasteiger partial charge in [0.05, 0.1) is 0 Å². The molecule has 0 aliphatic rings. The van der Waals surface area contributed by atoms with E-state index in [1.165, 1.54) is 6.92 Å². The molecule has 0 saturated carbocycles. The summed E-state index contributed by atoms with van der Waals surface area (Å²) in [6.45, 7) is 1.21. The van der Waals surface area contributed by atoms with Gasteiger partial charge < -0.3 is 9.63 Å². The number of nitrogens with zero attached hydrogens (tertiary/aromatic N) is 2. The molecule has 0 atom stereocenters. The van der Waals surface area contributed by atoms with Crippen LogP contribution in [0.5, 0.6) is 0 Å². The van der Waals surface area contributed by atoms with Crippen LogP contribution in [0.15, 0.2) is 4.52 Å². The van der Waals surface area contributed by atoms with Crippen molar-refractivity contribution < 1.29 is 19.2 Å². The summed E-state index contributed by atoms with van der Waals surface area (Å²) in [4.78, 5) is 23.9. The zero-order valence-electron chi connectivity index (χ0n) is 5.57. The second-order valence-electron chi connectivity index (χ2n) is 1.78. The average Bonchev–Trinajstić information content (AvgIpc) is 2.33. The van der Waals surface area contributed by atoms with Crippen molar-refractivity contribution in [3.05, 3.63) is 11.7 Å². The Hall–Kier alpha value is -1.72. The molecule has 0 spiro atoms. The van der Waals surface area contributed by atoms with Crippen molar-refractivity contribution in [2.45, 2.75) is 6.92 Å². The number of rotatable bonds is 2. The van der Waals surface area contributed by atoms with E-state index in [1.807, 2.05) is 0 Å². The smallest absolute Gasteiger partial charge is 0.377 e. The number of Topliss-reactive ketones (excluding diaryl/α,β-unsaturated/α-hetero) is 1. The van der Waals surface area contributed by atoms with Gasteiger partial charge in [0.1, 0.15) is 0 Å². The minimum atomic E-state index is -1.32. The molecule has 1 aromatic rings. The van der Waals surface area contributed by atoms with E-state index in [0.29, 0.717) is 0 Å². The Bertz CT molecular complexity index is 275. The van der Waals surface area contributed by atoms with Crippen molar-refractivity contribution in [3.63, 3.8) is 0 Å². The Labute approximate surface area is 60.8 Å². The third-order valence-electron chi connectivity index (χ3n) is 0.918. The topological polar surface area (TPSA) is 93.3 Å². The molecular formula is C5H4N2O4. The van der Waals surface area contributed by atoms with Gasteiger partial charge in [0.25, 0.3) is 11.7 Å². The van der Waals surface area contributed by atoms with Crippen molar-refractivity contribution >= 4 is 11.8 Å². The van der Waals surface area contributed by atoms with Crippen molar-refractivity contribution in [2.75, 3.05) is 0 Å². The zero-order chi connectivity index (χ0) is 8.43. The van der Waals surface area contributed by atoms with E-state index in [9.17, 15) is 9.59 Å². The Morgan fingerprint density at radius 2 is 2.18 bits per heavy atom. The summed E-state index contributed by atoms with van der Waals surface area (Å²) < 4.78 is 4.30. The molecule has 0 aliphatic carbocycles. The average molecular weight is 156 g/mol. The standard InChI is InChI=1S/C5H4N2O4/c1-2(8)4-6-3(5(9)10)7-11-4/h1H3,(H,9,10). The van der Waals surface area contributed by atoms with E-state index in [4.69, 9.17) is 5.11 Å². The molecule has 0 aliphatic heterocycles. The minimum absolute atomic E-state index is 0.289. The van der Waals surface area contributed by atoms with Crippen LogP contribution in [-0.4, -0.2) is 27.0 Å². The molecule has 11 heavy (non-hydrogen) atoms. The van der Waals surface area contributed by atoms with Crippen molar-refractivity contribution in [1.82, 2.24) is 10.1 Å². The Morgan fingerprint density at radius 1 is 1.55 bits per heavy atom. The van der Waals surface area contributed by atoms with Gasteiger partial charge in [0.15, 0.2) is 0 Å². The lowest BCUT2D eigenvalue weighted by Gasteiger charge is -1.77. The van der Waals surface area contributed by atoms with Crippen LogP contribution in [0.1, 0.15) is 28.2 Å². The van der Waals surface area contributed by atoms with E-state index in [2.05, 4.69) is 14.7 Å². The van der Waals surface area contributed by atoms with Crippen LogP contribution in [-0.2, 0) is 0 Å². The zero-order valence-corrected chi connectivity index (χ0v) is 5.57. The first-order valence-corrected chi connectivity index (χ1v) is 2.69. The number of carbonyl (C=O) groups is 2. The van der Waals surface area contributed by atoms with Crippen LogP contribution >= 0.6 is 0 Å². The monoisotopic (exact) mass is 156 g/mol. The van der Waals surface area contributed by atoms with E-state index >= 15 is 0 Å². The third kappa shape index (κ3) is 1.40. The first-order chi connectivity index (χ1) is 5.11. The lowest BCUT2D eigenvalue weighted by molar-refractivity contribution is 0.0679. The molecular weight excluding hydrogens is 152 g/mol. The molecule has 0 radical (unpaired) electrons. The number of carboxylic acid groups (broad SMARTS) is 1. The quantitative estimate of drug-likeness (QED) is 0.604. The molecule has 0 bridgehead atoms. The number of aromatic nitrogens is 2. The maximum absolute atomic E-state index is 10.5. The summed E-state index contributed by atoms with van der Waals surface area (Å²) in [5.41, 5.74) is 0. The molecule has 6 heteroatoms. The van der Waals surface area contributed by atoms with Gasteiger partial charge in [-0.3, -0.25) is 4.79 Å². The fourth-order valence-electron chi connectivity index (χ4n) is 0.453. The Kier molecular flexibility index (Phi) is 1.67. The lowest BCUT2D eigenvalue weighted by atomic mass is 10.4. The number of aromatic carboxylic acids is 1. The highest BCUT2D eigenvalue weighted by molar-refractivity contribution is 5.90. The molecule has 0 aromatic carbocycles. The Balaban J connectivity index is 2.99. The minimum Gasteiger partial charge on any atom is -0.475 e. The maximum atomic E-state index is 10.5. The fraction of sp³-hybridized carbons (Fsp3) is 0.200. The van der Waals surface area contributed by atoms with Gasteiger partial charge >= 0.3 is 5.97 Å². The van der Waals surface area contributed by atoms with E-state index in [-0.39, 0.29) is 5.89 Å². The van der Waals surface area contributed by atoms with Gasteiger partial charge in [-0.25, -0.2) is 4.79 Å². The van der Waals surface area contributed by atoms with Crippen LogP contribution in [0.2, 0.25) is 0 Å². The molecule has 0 saturated heterocycles. The van der Waals surface area contributed by atoms with Crippen molar-refractivity contribution in [3.8, 4) is 0 Å². The normalized spacial score (nSPS) is 9.55. The summed E-state index contributed by atoms with van der Waals surface area (Å²) >= 11 is 0. The van der Waals surface area contributed by atoms with E-state index in [1.54, 1.807) is 0 Å². The third-order valence-corrected chi connectivity index (χ3v) is 0.918. The first-order valence-electron chi connectivity index (χ1n) is 2.69. The van der Waals surface area contributed by atoms with Gasteiger partial charge in [0.2, 0.25) is 5.78 Å². The highest BCUT2D eigenvalue weighted by Crippen LogP contribution is 1.97. The highest BCUT2D eigenvalue weighted by Gasteiger charge is 2.14. The van der Waals surface area contributed by atoms with Gasteiger partial charge in [-0.2, -0.15) is 4.98 Å². The molecule has 0 unspecified atom stereocenters. The molecule has 58 valence electrons. The maximum Gasteiger partial charge on any atom is 0.377 e. The molecule has 0 fully saturated rings. The second-order valence-corrected chi connectivity index (χ2v) is 1.78. The van der Waals surface area contributed by atoms with Gasteiger partial charge in [0, 0.05) is 6.92 Å². The van der Waals surface area contributed by atoms with Crippen LogP contribution in [0.3, 0.4) is 0 Å². The summed E-state index contributed by atoms with van der Waals surface area (Å²) in [5, 5.41) is 11.3. The number of carbonyl (C=O) groups excluding carboxylic acids is 1. The number of hydrogen-bond acceptors (Lipinski definition) is 5. The van der Waals surface area contributed by atoms with Gasteiger partial charge in [-0.1, -0.05) is 0 Å². The summed E-state index contributed by atoms with van der Waals surface area (Å²) in [7, 11) is 0. The predicted octanol–water partition coefficient (Wildman–Crippen LogP) is -0.0296. The van der Waals surface area contributed by atoms with Crippen LogP contribution in [0, 0.1) is 0 Å². The van der Waals surface area contributed by atoms with Crippen molar-refractivity contribution in [2.24, 2.45) is 0 Å². The van der Waals surface area contributed by atoms with Crippen LogP contribution < -0.4 is 0 Å². The number of ketones is 1. The summed E-state index contributed by atoms with van der Waals surface area (Å²) in [5.74, 6) is -2.57. The van der Waals surface area contributed by atoms with E-state index < -0.39 is 17.6 Å². The molecule has 1 aromatic heterocycles. The highest BCUT2D eigenvalue weighted by atomic mass is 16.5. The molecule has 1 rings (SSSR count). The largest absolute Gasteiger partial charge is 0.475 e. The summed E-state index contributed by atoms with van der Waals surface area (Å²) in [6, 6.07) is 0. The van der Waals surface area contributed by atoms with Gasteiger partial charge in [-0.15, -0.1) is 0 Å².